The molecule has 0 aliphatic carbocycles. The smallest absolute Gasteiger partial charge is 0.222 e. The van der Waals surface area contributed by atoms with Gasteiger partial charge in [0.25, 0.3) is 0 Å². The van der Waals surface area contributed by atoms with Crippen LogP contribution in [-0.2, 0) is 20.7 Å². The fourth-order valence-electron chi connectivity index (χ4n) is 3.44. The summed E-state index contributed by atoms with van der Waals surface area (Å²) >= 11 is 0. The molecule has 1 aliphatic heterocycles. The van der Waals surface area contributed by atoms with Crippen molar-refractivity contribution in [2.24, 2.45) is 0 Å². The van der Waals surface area contributed by atoms with Crippen LogP contribution in [-0.4, -0.2) is 42.4 Å². The van der Waals surface area contributed by atoms with E-state index in [0.29, 0.717) is 32.4 Å². The van der Waals surface area contributed by atoms with E-state index in [1.165, 1.54) is 0 Å². The Bertz CT molecular complexity index is 609. The molecule has 1 heterocycles. The standard InChI is InChI=1S/C21H28N2O3/c22-13-16-26-15-5-4-14-23-19(9-6-10-21(23)25)11-12-20(24)17-18-7-2-1-3-8-18/h1-3,7-8,19H,4-6,9-12,14-17H2/t19-/m1/s1. The van der Waals surface area contributed by atoms with E-state index in [1.807, 2.05) is 41.3 Å². The van der Waals surface area contributed by atoms with Gasteiger partial charge >= 0.3 is 0 Å². The fraction of sp³-hybridized carbons (Fsp3) is 0.571. The van der Waals surface area contributed by atoms with Gasteiger partial charge in [0.15, 0.2) is 0 Å². The molecule has 0 spiro atoms. The molecular formula is C21H28N2O3. The lowest BCUT2D eigenvalue weighted by molar-refractivity contribution is -0.137. The first-order valence-corrected chi connectivity index (χ1v) is 9.50. The Hall–Kier alpha value is -2.19. The van der Waals surface area contributed by atoms with Crippen molar-refractivity contribution in [2.45, 2.75) is 57.4 Å². The van der Waals surface area contributed by atoms with E-state index in [2.05, 4.69) is 0 Å². The Labute approximate surface area is 155 Å². The number of nitrogens with zero attached hydrogens (tertiary/aromatic N) is 2. The van der Waals surface area contributed by atoms with E-state index < -0.39 is 0 Å². The third-order valence-corrected chi connectivity index (χ3v) is 4.79. The molecule has 0 bridgehead atoms. The van der Waals surface area contributed by atoms with Crippen molar-refractivity contribution < 1.29 is 14.3 Å². The topological polar surface area (TPSA) is 70.4 Å². The first kappa shape index (κ1) is 20.1. The molecule has 0 unspecified atom stereocenters. The third kappa shape index (κ3) is 6.97. The van der Waals surface area contributed by atoms with Gasteiger partial charge in [-0.1, -0.05) is 30.3 Å². The van der Waals surface area contributed by atoms with Gasteiger partial charge in [0, 0.05) is 38.5 Å². The number of unbranched alkanes of at least 4 members (excludes halogenated alkanes) is 1. The number of ketones is 1. The summed E-state index contributed by atoms with van der Waals surface area (Å²) in [6.45, 7) is 1.39. The molecule has 26 heavy (non-hydrogen) atoms. The highest BCUT2D eigenvalue weighted by molar-refractivity contribution is 5.81. The van der Waals surface area contributed by atoms with Crippen molar-refractivity contribution in [1.29, 1.82) is 5.26 Å². The largest absolute Gasteiger partial charge is 0.367 e. The summed E-state index contributed by atoms with van der Waals surface area (Å²) in [6, 6.07) is 11.9. The van der Waals surface area contributed by atoms with Crippen molar-refractivity contribution in [3.05, 3.63) is 35.9 Å². The lowest BCUT2D eigenvalue weighted by Gasteiger charge is -2.36. The van der Waals surface area contributed by atoms with Crippen molar-refractivity contribution >= 4 is 11.7 Å². The number of hydrogen-bond donors (Lipinski definition) is 0. The molecule has 140 valence electrons. The van der Waals surface area contributed by atoms with E-state index >= 15 is 0 Å². The van der Waals surface area contributed by atoms with E-state index in [-0.39, 0.29) is 24.3 Å². The van der Waals surface area contributed by atoms with Crippen LogP contribution in [0.25, 0.3) is 0 Å². The highest BCUT2D eigenvalue weighted by Gasteiger charge is 2.27. The monoisotopic (exact) mass is 356 g/mol. The van der Waals surface area contributed by atoms with Crippen molar-refractivity contribution in [3.8, 4) is 6.07 Å². The molecule has 5 nitrogen and oxygen atoms in total. The van der Waals surface area contributed by atoms with Gasteiger partial charge in [0.2, 0.25) is 5.91 Å². The van der Waals surface area contributed by atoms with Gasteiger partial charge in [-0.15, -0.1) is 0 Å². The first-order valence-electron chi connectivity index (χ1n) is 9.50. The number of amides is 1. The molecule has 1 fully saturated rings. The molecule has 1 aromatic carbocycles. The molecule has 0 radical (unpaired) electrons. The Morgan fingerprint density at radius 2 is 2.08 bits per heavy atom. The van der Waals surface area contributed by atoms with Gasteiger partial charge in [0.1, 0.15) is 12.4 Å². The SMILES string of the molecule is N#CCOCCCCN1C(=O)CCC[C@@H]1CCC(=O)Cc1ccccc1. The number of carbonyl (C=O) groups excluding carboxylic acids is 2. The van der Waals surface area contributed by atoms with Crippen LogP contribution in [0.5, 0.6) is 0 Å². The predicted octanol–water partition coefficient (Wildman–Crippen LogP) is 3.28. The number of ether oxygens (including phenoxy) is 1. The molecule has 1 atom stereocenters. The maximum Gasteiger partial charge on any atom is 0.222 e. The number of hydrogen-bond acceptors (Lipinski definition) is 4. The minimum atomic E-state index is 0.120. The minimum Gasteiger partial charge on any atom is -0.367 e. The molecule has 1 aliphatic rings. The Balaban J connectivity index is 1.75. The summed E-state index contributed by atoms with van der Waals surface area (Å²) in [5.41, 5.74) is 1.05. The summed E-state index contributed by atoms with van der Waals surface area (Å²) in [7, 11) is 0. The zero-order valence-electron chi connectivity index (χ0n) is 15.4. The predicted molar refractivity (Wildman–Crippen MR) is 99.4 cm³/mol. The average molecular weight is 356 g/mol. The van der Waals surface area contributed by atoms with Gasteiger partial charge in [0.05, 0.1) is 6.07 Å². The van der Waals surface area contributed by atoms with Crippen LogP contribution in [0.1, 0.15) is 50.5 Å². The Morgan fingerprint density at radius 3 is 2.85 bits per heavy atom. The summed E-state index contributed by atoms with van der Waals surface area (Å²) < 4.78 is 5.15. The number of benzene rings is 1. The molecule has 1 amide bonds. The van der Waals surface area contributed by atoms with Gasteiger partial charge in [-0.2, -0.15) is 5.26 Å². The normalized spacial score (nSPS) is 17.1. The molecular weight excluding hydrogens is 328 g/mol. The van der Waals surface area contributed by atoms with Gasteiger partial charge in [-0.05, 0) is 37.7 Å². The van der Waals surface area contributed by atoms with Gasteiger partial charge < -0.3 is 9.64 Å². The highest BCUT2D eigenvalue weighted by Crippen LogP contribution is 2.23. The second kappa shape index (κ2) is 11.4. The molecule has 1 saturated heterocycles. The number of likely N-dealkylation sites (tertiary alicyclic amines) is 1. The molecule has 1 aromatic rings. The van der Waals surface area contributed by atoms with Crippen LogP contribution >= 0.6 is 0 Å². The van der Waals surface area contributed by atoms with Crippen LogP contribution in [0.4, 0.5) is 0 Å². The van der Waals surface area contributed by atoms with Crippen molar-refractivity contribution in [2.75, 3.05) is 19.8 Å². The summed E-state index contributed by atoms with van der Waals surface area (Å²) in [5.74, 6) is 0.439. The third-order valence-electron chi connectivity index (χ3n) is 4.79. The zero-order valence-corrected chi connectivity index (χ0v) is 15.4. The minimum absolute atomic E-state index is 0.120. The number of Topliss-reactive ketones (excluding diaryl/α,β-unsaturated/α-hetero) is 1. The second-order valence-corrected chi connectivity index (χ2v) is 6.79. The Morgan fingerprint density at radius 1 is 1.27 bits per heavy atom. The van der Waals surface area contributed by atoms with Crippen LogP contribution in [0.3, 0.4) is 0 Å². The summed E-state index contributed by atoms with van der Waals surface area (Å²) in [4.78, 5) is 26.5. The van der Waals surface area contributed by atoms with Gasteiger partial charge in [-0.3, -0.25) is 9.59 Å². The molecule has 2 rings (SSSR count). The van der Waals surface area contributed by atoms with Crippen molar-refractivity contribution in [3.63, 3.8) is 0 Å². The maximum absolute atomic E-state index is 12.3. The zero-order chi connectivity index (χ0) is 18.6. The average Bonchev–Trinajstić information content (AvgIpc) is 2.65. The highest BCUT2D eigenvalue weighted by atomic mass is 16.5. The van der Waals surface area contributed by atoms with E-state index in [1.54, 1.807) is 0 Å². The fourth-order valence-corrected chi connectivity index (χ4v) is 3.44. The summed E-state index contributed by atoms with van der Waals surface area (Å²) in [6.07, 6.45) is 5.96. The quantitative estimate of drug-likeness (QED) is 0.571. The number of nitriles is 1. The summed E-state index contributed by atoms with van der Waals surface area (Å²) in [5, 5.41) is 8.44. The molecule has 5 heteroatoms. The lowest BCUT2D eigenvalue weighted by Crippen LogP contribution is -2.44. The van der Waals surface area contributed by atoms with E-state index in [0.717, 1.165) is 37.7 Å². The maximum atomic E-state index is 12.3. The van der Waals surface area contributed by atoms with Crippen LogP contribution in [0.2, 0.25) is 0 Å². The van der Waals surface area contributed by atoms with E-state index in [9.17, 15) is 9.59 Å². The molecule has 0 aromatic heterocycles. The van der Waals surface area contributed by atoms with E-state index in [4.69, 9.17) is 10.00 Å². The number of piperidine rings is 1. The second-order valence-electron chi connectivity index (χ2n) is 6.79. The number of rotatable bonds is 11. The van der Waals surface area contributed by atoms with Crippen LogP contribution < -0.4 is 0 Å². The molecule has 0 saturated carbocycles. The van der Waals surface area contributed by atoms with Gasteiger partial charge in [-0.25, -0.2) is 0 Å². The lowest BCUT2D eigenvalue weighted by atomic mass is 9.95. The van der Waals surface area contributed by atoms with Crippen LogP contribution in [0, 0.1) is 11.3 Å². The first-order chi connectivity index (χ1) is 12.7. The molecule has 0 N–H and O–H groups in total. The van der Waals surface area contributed by atoms with Crippen molar-refractivity contribution in [1.82, 2.24) is 4.90 Å². The van der Waals surface area contributed by atoms with Crippen LogP contribution in [0.15, 0.2) is 30.3 Å². The number of carbonyl (C=O) groups is 2. The Kier molecular flexibility index (Phi) is 8.85.